The average Bonchev–Trinajstić information content (AvgIpc) is 2.66. The molecule has 0 amide bonds. The van der Waals surface area contributed by atoms with Gasteiger partial charge < -0.3 is 20.3 Å². The number of halogens is 1. The molecule has 0 bridgehead atoms. The largest absolute Gasteiger partial charge is 0.504 e. The number of rotatable bonds is 2. The first kappa shape index (κ1) is 16.7. The number of hydrogen-bond donors (Lipinski definition) is 3. The Morgan fingerprint density at radius 1 is 1.24 bits per heavy atom. The normalized spacial score (nSPS) is 25.1. The molecule has 132 valence electrons. The zero-order valence-electron chi connectivity index (χ0n) is 14.0. The van der Waals surface area contributed by atoms with E-state index >= 15 is 0 Å². The fourth-order valence-corrected chi connectivity index (χ4v) is 4.87. The number of benzene rings is 1. The van der Waals surface area contributed by atoms with Gasteiger partial charge in [-0.1, -0.05) is 0 Å². The molecule has 1 aromatic heterocycles. The van der Waals surface area contributed by atoms with Crippen LogP contribution in [-0.2, 0) is 6.42 Å². The number of piperidine rings is 1. The summed E-state index contributed by atoms with van der Waals surface area (Å²) in [7, 11) is 1.62. The first-order valence-corrected chi connectivity index (χ1v) is 9.33. The highest BCUT2D eigenvalue weighted by atomic mass is 79.9. The highest BCUT2D eigenvalue weighted by Gasteiger charge is 2.40. The van der Waals surface area contributed by atoms with Gasteiger partial charge in [-0.2, -0.15) is 0 Å². The van der Waals surface area contributed by atoms with Crippen LogP contribution in [0.2, 0.25) is 0 Å². The van der Waals surface area contributed by atoms with E-state index in [1.165, 1.54) is 5.56 Å². The van der Waals surface area contributed by atoms with E-state index in [2.05, 4.69) is 26.2 Å². The standard InChI is InChI=1S/C19H21BrN2O3/c1-25-17-6-10(2-5-22-17)12-7-14-13(8-16(20)19(24)18(14)23)15-9-21-4-3-11(12)15/h2,5-6,8,11-12,15,21,23-24H,3-4,7,9H2,1H3. The van der Waals surface area contributed by atoms with E-state index in [9.17, 15) is 10.2 Å². The summed E-state index contributed by atoms with van der Waals surface area (Å²) < 4.78 is 5.84. The second-order valence-corrected chi connectivity index (χ2v) is 7.68. The summed E-state index contributed by atoms with van der Waals surface area (Å²) in [6.45, 7) is 1.88. The smallest absolute Gasteiger partial charge is 0.213 e. The first-order valence-electron chi connectivity index (χ1n) is 8.54. The Morgan fingerprint density at radius 3 is 2.88 bits per heavy atom. The van der Waals surface area contributed by atoms with Gasteiger partial charge >= 0.3 is 0 Å². The van der Waals surface area contributed by atoms with Gasteiger partial charge in [-0.3, -0.25) is 0 Å². The van der Waals surface area contributed by atoms with Crippen LogP contribution in [0.25, 0.3) is 0 Å². The van der Waals surface area contributed by atoms with Gasteiger partial charge in [0.25, 0.3) is 0 Å². The number of pyridine rings is 1. The van der Waals surface area contributed by atoms with Crippen LogP contribution < -0.4 is 10.1 Å². The number of phenols is 2. The minimum atomic E-state index is -0.0768. The molecule has 1 fully saturated rings. The molecule has 2 heterocycles. The Morgan fingerprint density at radius 2 is 2.08 bits per heavy atom. The molecule has 1 aliphatic carbocycles. The third kappa shape index (κ3) is 2.77. The lowest BCUT2D eigenvalue weighted by atomic mass is 9.64. The van der Waals surface area contributed by atoms with Crippen LogP contribution in [0, 0.1) is 5.92 Å². The van der Waals surface area contributed by atoms with E-state index in [4.69, 9.17) is 4.74 Å². The van der Waals surface area contributed by atoms with Gasteiger partial charge in [0, 0.05) is 30.3 Å². The summed E-state index contributed by atoms with van der Waals surface area (Å²) in [6, 6.07) is 6.00. The topological polar surface area (TPSA) is 74.6 Å². The fraction of sp³-hybridized carbons (Fsp3) is 0.421. The summed E-state index contributed by atoms with van der Waals surface area (Å²) in [6.07, 6.45) is 3.56. The maximum Gasteiger partial charge on any atom is 0.213 e. The maximum atomic E-state index is 10.5. The number of nitrogens with zero attached hydrogens (tertiary/aromatic N) is 1. The van der Waals surface area contributed by atoms with Crippen molar-refractivity contribution in [1.29, 1.82) is 0 Å². The number of nitrogens with one attached hydrogen (secondary N) is 1. The van der Waals surface area contributed by atoms with Crippen molar-refractivity contribution in [1.82, 2.24) is 10.3 Å². The second kappa shape index (κ2) is 6.50. The summed E-state index contributed by atoms with van der Waals surface area (Å²) in [5.41, 5.74) is 3.17. The lowest BCUT2D eigenvalue weighted by Gasteiger charge is -2.43. The SMILES string of the molecule is COc1cc(C2Cc3c(cc(Br)c(O)c3O)C3CNCCC23)ccn1. The zero-order chi connectivity index (χ0) is 17.6. The van der Waals surface area contributed by atoms with Crippen molar-refractivity contribution in [2.24, 2.45) is 5.92 Å². The molecule has 0 radical (unpaired) electrons. The minimum Gasteiger partial charge on any atom is -0.504 e. The quantitative estimate of drug-likeness (QED) is 0.669. The molecular weight excluding hydrogens is 384 g/mol. The van der Waals surface area contributed by atoms with E-state index in [1.807, 2.05) is 18.2 Å². The van der Waals surface area contributed by atoms with Crippen LogP contribution >= 0.6 is 15.9 Å². The van der Waals surface area contributed by atoms with Crippen LogP contribution in [0.3, 0.4) is 0 Å². The van der Waals surface area contributed by atoms with Crippen molar-refractivity contribution < 1.29 is 14.9 Å². The second-order valence-electron chi connectivity index (χ2n) is 6.83. The predicted octanol–water partition coefficient (Wildman–Crippen LogP) is 3.30. The molecule has 3 atom stereocenters. The lowest BCUT2D eigenvalue weighted by Crippen LogP contribution is -2.41. The van der Waals surface area contributed by atoms with Gasteiger partial charge in [-0.05, 0) is 70.4 Å². The summed E-state index contributed by atoms with van der Waals surface area (Å²) in [4.78, 5) is 4.21. The lowest BCUT2D eigenvalue weighted by molar-refractivity contribution is 0.252. The molecule has 0 spiro atoms. The molecule has 2 aliphatic rings. The Balaban J connectivity index is 1.83. The molecule has 25 heavy (non-hydrogen) atoms. The molecule has 6 heteroatoms. The molecule has 1 saturated heterocycles. The van der Waals surface area contributed by atoms with Crippen molar-refractivity contribution in [3.05, 3.63) is 45.6 Å². The number of aromatic hydroxyl groups is 2. The van der Waals surface area contributed by atoms with Gasteiger partial charge in [-0.25, -0.2) is 4.98 Å². The first-order chi connectivity index (χ1) is 12.1. The summed E-state index contributed by atoms with van der Waals surface area (Å²) >= 11 is 3.37. The number of phenolic OH excluding ortho intramolecular Hbond substituents is 2. The minimum absolute atomic E-state index is 0.000537. The highest BCUT2D eigenvalue weighted by molar-refractivity contribution is 9.10. The summed E-state index contributed by atoms with van der Waals surface area (Å²) in [5, 5.41) is 24.2. The van der Waals surface area contributed by atoms with Crippen molar-refractivity contribution in [3.63, 3.8) is 0 Å². The van der Waals surface area contributed by atoms with Crippen LogP contribution in [-0.4, -0.2) is 35.4 Å². The van der Waals surface area contributed by atoms with E-state index < -0.39 is 0 Å². The third-order valence-electron chi connectivity index (χ3n) is 5.64. The monoisotopic (exact) mass is 404 g/mol. The number of aromatic nitrogens is 1. The van der Waals surface area contributed by atoms with Gasteiger partial charge in [-0.15, -0.1) is 0 Å². The van der Waals surface area contributed by atoms with Gasteiger partial charge in [0.05, 0.1) is 11.6 Å². The Kier molecular flexibility index (Phi) is 4.33. The predicted molar refractivity (Wildman–Crippen MR) is 98.4 cm³/mol. The molecular formula is C19H21BrN2O3. The molecule has 1 aliphatic heterocycles. The van der Waals surface area contributed by atoms with Crippen molar-refractivity contribution in [2.75, 3.05) is 20.2 Å². The van der Waals surface area contributed by atoms with E-state index in [0.29, 0.717) is 28.6 Å². The number of fused-ring (bicyclic) bond motifs is 3. The zero-order valence-corrected chi connectivity index (χ0v) is 15.6. The molecule has 2 aromatic rings. The average molecular weight is 405 g/mol. The Labute approximate surface area is 155 Å². The van der Waals surface area contributed by atoms with Crippen LogP contribution in [0.5, 0.6) is 17.4 Å². The molecule has 4 rings (SSSR count). The fourth-order valence-electron chi connectivity index (χ4n) is 4.43. The van der Waals surface area contributed by atoms with Gasteiger partial charge in [0.15, 0.2) is 11.5 Å². The van der Waals surface area contributed by atoms with E-state index in [-0.39, 0.29) is 17.4 Å². The van der Waals surface area contributed by atoms with Crippen LogP contribution in [0.15, 0.2) is 28.9 Å². The van der Waals surface area contributed by atoms with Crippen molar-refractivity contribution >= 4 is 15.9 Å². The van der Waals surface area contributed by atoms with Crippen LogP contribution in [0.1, 0.15) is 34.9 Å². The van der Waals surface area contributed by atoms with E-state index in [1.54, 1.807) is 13.3 Å². The van der Waals surface area contributed by atoms with Gasteiger partial charge in [0.1, 0.15) is 0 Å². The molecule has 0 saturated carbocycles. The number of ether oxygens (including phenoxy) is 1. The Bertz CT molecular complexity index is 811. The molecule has 1 aromatic carbocycles. The van der Waals surface area contributed by atoms with E-state index in [0.717, 1.165) is 30.6 Å². The summed E-state index contributed by atoms with van der Waals surface area (Å²) in [5.74, 6) is 1.59. The third-order valence-corrected chi connectivity index (χ3v) is 6.24. The van der Waals surface area contributed by atoms with Crippen molar-refractivity contribution in [2.45, 2.75) is 24.7 Å². The highest BCUT2D eigenvalue weighted by Crippen LogP contribution is 2.52. The Hall–Kier alpha value is -1.79. The molecule has 3 unspecified atom stereocenters. The van der Waals surface area contributed by atoms with Crippen LogP contribution in [0.4, 0.5) is 0 Å². The van der Waals surface area contributed by atoms with Gasteiger partial charge in [0.2, 0.25) is 5.88 Å². The maximum absolute atomic E-state index is 10.5. The molecule has 5 nitrogen and oxygen atoms in total. The number of methoxy groups -OCH3 is 1. The number of hydrogen-bond acceptors (Lipinski definition) is 5. The molecule has 3 N–H and O–H groups in total. The van der Waals surface area contributed by atoms with Crippen molar-refractivity contribution in [3.8, 4) is 17.4 Å².